The largest absolute Gasteiger partial charge is 0.497 e. The fourth-order valence-electron chi connectivity index (χ4n) is 2.96. The van der Waals surface area contributed by atoms with Crippen molar-refractivity contribution in [2.24, 2.45) is 0 Å². The first-order valence-corrected chi connectivity index (χ1v) is 7.65. The Hall–Kier alpha value is -1.32. The van der Waals surface area contributed by atoms with Gasteiger partial charge in [-0.05, 0) is 31.0 Å². The molecule has 116 valence electrons. The highest BCUT2D eigenvalue weighted by atomic mass is 16.6. The lowest BCUT2D eigenvalue weighted by atomic mass is 9.95. The summed E-state index contributed by atoms with van der Waals surface area (Å²) in [5.74, 6) is 0.863. The molecule has 3 atom stereocenters. The van der Waals surface area contributed by atoms with Crippen molar-refractivity contribution in [3.63, 3.8) is 0 Å². The van der Waals surface area contributed by atoms with Gasteiger partial charge in [-0.15, -0.1) is 6.58 Å². The van der Waals surface area contributed by atoms with Crippen LogP contribution < -0.4 is 4.74 Å². The van der Waals surface area contributed by atoms with Crippen LogP contribution in [0.5, 0.6) is 5.75 Å². The second kappa shape index (κ2) is 7.10. The highest BCUT2D eigenvalue weighted by Gasteiger charge is 2.41. The molecule has 3 heteroatoms. The van der Waals surface area contributed by atoms with Crippen LogP contribution in [0, 0.1) is 0 Å². The van der Waals surface area contributed by atoms with Crippen LogP contribution in [-0.2, 0) is 16.1 Å². The Bertz CT molecular complexity index is 454. The van der Waals surface area contributed by atoms with Crippen molar-refractivity contribution in [1.82, 2.24) is 0 Å². The van der Waals surface area contributed by atoms with Gasteiger partial charge in [0.15, 0.2) is 0 Å². The van der Waals surface area contributed by atoms with Gasteiger partial charge in [0.05, 0.1) is 25.4 Å². The van der Waals surface area contributed by atoms with Crippen molar-refractivity contribution in [1.29, 1.82) is 0 Å². The van der Waals surface area contributed by atoms with Crippen LogP contribution in [0.25, 0.3) is 0 Å². The molecule has 0 spiro atoms. The minimum atomic E-state index is -0.0851. The SMILES string of the molecule is C=C[C@@H]1O[C@](C)(CCC)C[C@H]1OCc1ccc(OC)cc1. The summed E-state index contributed by atoms with van der Waals surface area (Å²) in [6, 6.07) is 7.97. The van der Waals surface area contributed by atoms with E-state index in [9.17, 15) is 0 Å². The van der Waals surface area contributed by atoms with Crippen molar-refractivity contribution in [2.75, 3.05) is 7.11 Å². The van der Waals surface area contributed by atoms with Crippen LogP contribution in [0.2, 0.25) is 0 Å². The summed E-state index contributed by atoms with van der Waals surface area (Å²) in [5.41, 5.74) is 1.06. The normalized spacial score (nSPS) is 28.5. The van der Waals surface area contributed by atoms with Gasteiger partial charge in [-0.2, -0.15) is 0 Å². The second-order valence-electron chi connectivity index (χ2n) is 5.92. The third-order valence-electron chi connectivity index (χ3n) is 4.05. The summed E-state index contributed by atoms with van der Waals surface area (Å²) < 4.78 is 17.3. The Kier molecular flexibility index (Phi) is 5.43. The van der Waals surface area contributed by atoms with Crippen molar-refractivity contribution >= 4 is 0 Å². The number of hydrogen-bond donors (Lipinski definition) is 0. The molecule has 2 rings (SSSR count). The summed E-state index contributed by atoms with van der Waals surface area (Å²) in [5, 5.41) is 0. The van der Waals surface area contributed by atoms with Gasteiger partial charge in [0.25, 0.3) is 0 Å². The van der Waals surface area contributed by atoms with Gasteiger partial charge in [-0.1, -0.05) is 31.6 Å². The van der Waals surface area contributed by atoms with Crippen molar-refractivity contribution in [3.8, 4) is 5.75 Å². The summed E-state index contributed by atoms with van der Waals surface area (Å²) in [6.07, 6.45) is 5.03. The van der Waals surface area contributed by atoms with E-state index in [4.69, 9.17) is 14.2 Å². The molecule has 0 amide bonds. The minimum absolute atomic E-state index is 0.0141. The van der Waals surface area contributed by atoms with Crippen LogP contribution >= 0.6 is 0 Å². The van der Waals surface area contributed by atoms with E-state index in [1.165, 1.54) is 0 Å². The maximum atomic E-state index is 6.11. The van der Waals surface area contributed by atoms with E-state index in [0.29, 0.717) is 6.61 Å². The number of ether oxygens (including phenoxy) is 3. The molecule has 0 bridgehead atoms. The Morgan fingerprint density at radius 2 is 2.10 bits per heavy atom. The Morgan fingerprint density at radius 1 is 1.38 bits per heavy atom. The molecule has 0 aliphatic carbocycles. The molecule has 1 aliphatic rings. The Labute approximate surface area is 127 Å². The maximum absolute atomic E-state index is 6.11. The predicted molar refractivity (Wildman–Crippen MR) is 84.6 cm³/mol. The third-order valence-corrected chi connectivity index (χ3v) is 4.05. The van der Waals surface area contributed by atoms with Gasteiger partial charge in [-0.25, -0.2) is 0 Å². The summed E-state index contributed by atoms with van der Waals surface area (Å²) >= 11 is 0. The van der Waals surface area contributed by atoms with Crippen molar-refractivity contribution in [3.05, 3.63) is 42.5 Å². The van der Waals surface area contributed by atoms with Crippen LogP contribution in [0.15, 0.2) is 36.9 Å². The van der Waals surface area contributed by atoms with Crippen LogP contribution in [0.3, 0.4) is 0 Å². The topological polar surface area (TPSA) is 27.7 Å². The van der Waals surface area contributed by atoms with Gasteiger partial charge < -0.3 is 14.2 Å². The Morgan fingerprint density at radius 3 is 2.67 bits per heavy atom. The number of hydrogen-bond acceptors (Lipinski definition) is 3. The number of benzene rings is 1. The molecule has 0 saturated carbocycles. The highest BCUT2D eigenvalue weighted by Crippen LogP contribution is 2.36. The maximum Gasteiger partial charge on any atom is 0.118 e. The minimum Gasteiger partial charge on any atom is -0.497 e. The van der Waals surface area contributed by atoms with Gasteiger partial charge in [0.1, 0.15) is 11.9 Å². The van der Waals surface area contributed by atoms with E-state index in [0.717, 1.165) is 30.6 Å². The average molecular weight is 290 g/mol. The molecule has 0 aromatic heterocycles. The Balaban J connectivity index is 1.93. The van der Waals surface area contributed by atoms with Crippen molar-refractivity contribution in [2.45, 2.75) is 57.5 Å². The van der Waals surface area contributed by atoms with Crippen molar-refractivity contribution < 1.29 is 14.2 Å². The van der Waals surface area contributed by atoms with Gasteiger partial charge in [-0.3, -0.25) is 0 Å². The molecule has 1 saturated heterocycles. The fourth-order valence-corrected chi connectivity index (χ4v) is 2.96. The molecule has 0 unspecified atom stereocenters. The van der Waals surface area contributed by atoms with Gasteiger partial charge in [0.2, 0.25) is 0 Å². The highest BCUT2D eigenvalue weighted by molar-refractivity contribution is 5.26. The molecule has 0 N–H and O–H groups in total. The molecular formula is C18H26O3. The number of rotatable bonds is 7. The fraction of sp³-hybridized carbons (Fsp3) is 0.556. The second-order valence-corrected chi connectivity index (χ2v) is 5.92. The first kappa shape index (κ1) is 16.1. The summed E-state index contributed by atoms with van der Waals surface area (Å²) in [6.45, 7) is 8.82. The van der Waals surface area contributed by atoms with Gasteiger partial charge >= 0.3 is 0 Å². The molecule has 1 aromatic rings. The molecule has 21 heavy (non-hydrogen) atoms. The monoisotopic (exact) mass is 290 g/mol. The molecule has 0 radical (unpaired) electrons. The zero-order valence-electron chi connectivity index (χ0n) is 13.3. The zero-order chi connectivity index (χ0) is 15.3. The summed E-state index contributed by atoms with van der Waals surface area (Å²) in [4.78, 5) is 0. The molecule has 1 fully saturated rings. The van der Waals surface area contributed by atoms with E-state index in [2.05, 4.69) is 20.4 Å². The summed E-state index contributed by atoms with van der Waals surface area (Å²) in [7, 11) is 1.67. The van der Waals surface area contributed by atoms with E-state index < -0.39 is 0 Å². The molecule has 1 aromatic carbocycles. The quantitative estimate of drug-likeness (QED) is 0.707. The average Bonchev–Trinajstić information content (AvgIpc) is 2.82. The lowest BCUT2D eigenvalue weighted by Gasteiger charge is -2.22. The van der Waals surface area contributed by atoms with E-state index in [-0.39, 0.29) is 17.8 Å². The predicted octanol–water partition coefficient (Wildman–Crippen LogP) is 4.11. The lowest BCUT2D eigenvalue weighted by molar-refractivity contribution is -0.0375. The molecule has 3 nitrogen and oxygen atoms in total. The standard InChI is InChI=1S/C18H26O3/c1-5-11-18(3)12-17(16(6-2)21-18)20-13-14-7-9-15(19-4)10-8-14/h6-10,16-17H,2,5,11-13H2,1,3-4H3/t16-,17+,18+/m0/s1. The first-order valence-electron chi connectivity index (χ1n) is 7.65. The molecule has 1 aliphatic heterocycles. The van der Waals surface area contributed by atoms with Crippen LogP contribution in [0.4, 0.5) is 0 Å². The van der Waals surface area contributed by atoms with Crippen LogP contribution in [0.1, 0.15) is 38.7 Å². The first-order chi connectivity index (χ1) is 10.1. The third kappa shape index (κ3) is 4.08. The zero-order valence-corrected chi connectivity index (χ0v) is 13.3. The van der Waals surface area contributed by atoms with E-state index >= 15 is 0 Å². The smallest absolute Gasteiger partial charge is 0.118 e. The van der Waals surface area contributed by atoms with Gasteiger partial charge in [0, 0.05) is 6.42 Å². The molecular weight excluding hydrogens is 264 g/mol. The molecule has 1 heterocycles. The van der Waals surface area contributed by atoms with E-state index in [1.807, 2.05) is 30.3 Å². The van der Waals surface area contributed by atoms with E-state index in [1.54, 1.807) is 7.11 Å². The van der Waals surface area contributed by atoms with Crippen LogP contribution in [-0.4, -0.2) is 24.9 Å². The number of methoxy groups -OCH3 is 1. The lowest BCUT2D eigenvalue weighted by Crippen LogP contribution is -2.23.